The van der Waals surface area contributed by atoms with Crippen LogP contribution in [-0.2, 0) is 0 Å². The van der Waals surface area contributed by atoms with E-state index in [0.717, 1.165) is 23.5 Å². The smallest absolute Gasteiger partial charge is 0.166 e. The van der Waals surface area contributed by atoms with E-state index in [2.05, 4.69) is 0 Å². The molecule has 0 saturated heterocycles. The summed E-state index contributed by atoms with van der Waals surface area (Å²) in [6.45, 7) is 1.35. The average molecular weight is 258 g/mol. The number of ether oxygens (including phenoxy) is 2. The van der Waals surface area contributed by atoms with E-state index in [1.54, 1.807) is 0 Å². The van der Waals surface area contributed by atoms with E-state index < -0.39 is 0 Å². The fourth-order valence-electron chi connectivity index (χ4n) is 3.72. The average Bonchev–Trinajstić information content (AvgIpc) is 3.02. The molecular weight excluding hydrogens is 240 g/mol. The monoisotopic (exact) mass is 258 g/mol. The van der Waals surface area contributed by atoms with E-state index in [0.29, 0.717) is 36.8 Å². The molecule has 0 spiro atoms. The van der Waals surface area contributed by atoms with Crippen LogP contribution in [0.5, 0.6) is 11.5 Å². The molecule has 4 rings (SSSR count). The van der Waals surface area contributed by atoms with Gasteiger partial charge in [0.1, 0.15) is 0 Å². The van der Waals surface area contributed by atoms with Crippen LogP contribution in [0.15, 0.2) is 18.2 Å². The molecule has 2 atom stereocenters. The molecule has 2 unspecified atom stereocenters. The molecule has 0 radical (unpaired) electrons. The number of Topliss-reactive ketones (excluding diaryl/α,β-unsaturated/α-hetero) is 1. The summed E-state index contributed by atoms with van der Waals surface area (Å²) >= 11 is 0. The standard InChI is InChI=1S/C16H18O3/c17-16(15-11-3-1-4-12(11)15)10-5-6-13-14(9-10)19-8-2-7-18-13/h5-6,9,11-12,15H,1-4,7-8H2. The maximum absolute atomic E-state index is 12.5. The van der Waals surface area contributed by atoms with Crippen molar-refractivity contribution in [3.63, 3.8) is 0 Å². The lowest BCUT2D eigenvalue weighted by Gasteiger charge is -2.09. The molecule has 1 heterocycles. The molecule has 0 N–H and O–H groups in total. The zero-order valence-corrected chi connectivity index (χ0v) is 10.9. The van der Waals surface area contributed by atoms with Crippen LogP contribution in [0.25, 0.3) is 0 Å². The Bertz CT molecular complexity index is 513. The van der Waals surface area contributed by atoms with Crippen LogP contribution in [-0.4, -0.2) is 19.0 Å². The zero-order chi connectivity index (χ0) is 12.8. The summed E-state index contributed by atoms with van der Waals surface area (Å²) in [6, 6.07) is 5.65. The van der Waals surface area contributed by atoms with Gasteiger partial charge in [-0.15, -0.1) is 0 Å². The SMILES string of the molecule is O=C(c1ccc2c(c1)OCCCO2)C1C2CCCC21. The molecule has 100 valence electrons. The third-order valence-corrected chi connectivity index (χ3v) is 4.74. The van der Waals surface area contributed by atoms with E-state index >= 15 is 0 Å². The number of benzene rings is 1. The maximum atomic E-state index is 12.5. The van der Waals surface area contributed by atoms with Crippen LogP contribution >= 0.6 is 0 Å². The van der Waals surface area contributed by atoms with Crippen LogP contribution in [0.1, 0.15) is 36.0 Å². The van der Waals surface area contributed by atoms with Gasteiger partial charge in [0, 0.05) is 17.9 Å². The molecule has 19 heavy (non-hydrogen) atoms. The van der Waals surface area contributed by atoms with Crippen molar-refractivity contribution < 1.29 is 14.3 Å². The third kappa shape index (κ3) is 1.83. The van der Waals surface area contributed by atoms with Gasteiger partial charge in [-0.3, -0.25) is 4.79 Å². The van der Waals surface area contributed by atoms with Gasteiger partial charge in [-0.25, -0.2) is 0 Å². The largest absolute Gasteiger partial charge is 0.490 e. The van der Waals surface area contributed by atoms with Gasteiger partial charge in [0.05, 0.1) is 13.2 Å². The number of hydrogen-bond acceptors (Lipinski definition) is 3. The van der Waals surface area contributed by atoms with Crippen molar-refractivity contribution in [1.29, 1.82) is 0 Å². The van der Waals surface area contributed by atoms with Gasteiger partial charge < -0.3 is 9.47 Å². The minimum Gasteiger partial charge on any atom is -0.490 e. The molecule has 3 heteroatoms. The van der Waals surface area contributed by atoms with E-state index in [1.807, 2.05) is 18.2 Å². The van der Waals surface area contributed by atoms with E-state index in [-0.39, 0.29) is 0 Å². The van der Waals surface area contributed by atoms with Crippen LogP contribution in [0.3, 0.4) is 0 Å². The molecular formula is C16H18O3. The Morgan fingerprint density at radius 2 is 1.74 bits per heavy atom. The van der Waals surface area contributed by atoms with E-state index in [9.17, 15) is 4.79 Å². The fraction of sp³-hybridized carbons (Fsp3) is 0.562. The first-order chi connectivity index (χ1) is 9.34. The molecule has 1 aromatic carbocycles. The normalized spacial score (nSPS) is 31.5. The van der Waals surface area contributed by atoms with Crippen molar-refractivity contribution in [2.24, 2.45) is 17.8 Å². The number of ketones is 1. The van der Waals surface area contributed by atoms with Gasteiger partial charge in [0.2, 0.25) is 0 Å². The van der Waals surface area contributed by atoms with Gasteiger partial charge in [-0.2, -0.15) is 0 Å². The van der Waals surface area contributed by atoms with E-state index in [4.69, 9.17) is 9.47 Å². The first-order valence-electron chi connectivity index (χ1n) is 7.28. The lowest BCUT2D eigenvalue weighted by Crippen LogP contribution is -2.06. The summed E-state index contributed by atoms with van der Waals surface area (Å²) in [5.74, 6) is 3.44. The number of rotatable bonds is 2. The van der Waals surface area contributed by atoms with Gasteiger partial charge in [0.15, 0.2) is 17.3 Å². The fourth-order valence-corrected chi connectivity index (χ4v) is 3.72. The zero-order valence-electron chi connectivity index (χ0n) is 10.9. The third-order valence-electron chi connectivity index (χ3n) is 4.74. The summed E-state index contributed by atoms with van der Waals surface area (Å²) in [6.07, 6.45) is 4.68. The quantitative estimate of drug-likeness (QED) is 0.765. The number of carbonyl (C=O) groups is 1. The molecule has 2 fully saturated rings. The molecule has 1 aliphatic heterocycles. The predicted octanol–water partition coefficient (Wildman–Crippen LogP) is 3.08. The van der Waals surface area contributed by atoms with Crippen molar-refractivity contribution >= 4 is 5.78 Å². The molecule has 0 bridgehead atoms. The molecule has 2 saturated carbocycles. The van der Waals surface area contributed by atoms with Gasteiger partial charge >= 0.3 is 0 Å². The number of carbonyl (C=O) groups excluding carboxylic acids is 1. The second-order valence-corrected chi connectivity index (χ2v) is 5.86. The van der Waals surface area contributed by atoms with Gasteiger partial charge in [0.25, 0.3) is 0 Å². The highest BCUT2D eigenvalue weighted by Crippen LogP contribution is 2.58. The minimum absolute atomic E-state index is 0.290. The Kier molecular flexibility index (Phi) is 2.54. The highest BCUT2D eigenvalue weighted by molar-refractivity contribution is 6.00. The first-order valence-corrected chi connectivity index (χ1v) is 7.28. The maximum Gasteiger partial charge on any atom is 0.166 e. The summed E-state index contributed by atoms with van der Waals surface area (Å²) in [7, 11) is 0. The number of fused-ring (bicyclic) bond motifs is 2. The second-order valence-electron chi connectivity index (χ2n) is 5.86. The molecule has 0 amide bonds. The molecule has 3 aliphatic rings. The Hall–Kier alpha value is -1.51. The van der Waals surface area contributed by atoms with Crippen molar-refractivity contribution in [3.05, 3.63) is 23.8 Å². The molecule has 1 aromatic rings. The molecule has 0 aromatic heterocycles. The highest BCUT2D eigenvalue weighted by atomic mass is 16.5. The number of hydrogen-bond donors (Lipinski definition) is 0. The lowest BCUT2D eigenvalue weighted by atomic mass is 10.0. The molecule has 2 aliphatic carbocycles. The first kappa shape index (κ1) is 11.3. The van der Waals surface area contributed by atoms with Crippen molar-refractivity contribution in [2.45, 2.75) is 25.7 Å². The summed E-state index contributed by atoms with van der Waals surface area (Å²) in [5.41, 5.74) is 0.795. The topological polar surface area (TPSA) is 35.5 Å². The highest BCUT2D eigenvalue weighted by Gasteiger charge is 2.56. The van der Waals surface area contributed by atoms with Gasteiger partial charge in [-0.05, 0) is 42.9 Å². The van der Waals surface area contributed by atoms with Gasteiger partial charge in [-0.1, -0.05) is 6.42 Å². The van der Waals surface area contributed by atoms with Crippen molar-refractivity contribution in [3.8, 4) is 11.5 Å². The van der Waals surface area contributed by atoms with Crippen molar-refractivity contribution in [2.75, 3.05) is 13.2 Å². The Balaban J connectivity index is 1.58. The minimum atomic E-state index is 0.290. The van der Waals surface area contributed by atoms with E-state index in [1.165, 1.54) is 19.3 Å². The van der Waals surface area contributed by atoms with Crippen molar-refractivity contribution in [1.82, 2.24) is 0 Å². The molecule has 3 nitrogen and oxygen atoms in total. The summed E-state index contributed by atoms with van der Waals surface area (Å²) < 4.78 is 11.3. The summed E-state index contributed by atoms with van der Waals surface area (Å²) in [5, 5.41) is 0. The Morgan fingerprint density at radius 1 is 1.00 bits per heavy atom. The summed E-state index contributed by atoms with van der Waals surface area (Å²) in [4.78, 5) is 12.5. The Morgan fingerprint density at radius 3 is 2.53 bits per heavy atom. The van der Waals surface area contributed by atoms with Crippen LogP contribution in [0.2, 0.25) is 0 Å². The van der Waals surface area contributed by atoms with Crippen LogP contribution in [0.4, 0.5) is 0 Å². The van der Waals surface area contributed by atoms with Crippen LogP contribution < -0.4 is 9.47 Å². The second kappa shape index (κ2) is 4.26. The predicted molar refractivity (Wildman–Crippen MR) is 70.7 cm³/mol. The lowest BCUT2D eigenvalue weighted by molar-refractivity contribution is 0.0951. The van der Waals surface area contributed by atoms with Crippen LogP contribution in [0, 0.1) is 17.8 Å². The Labute approximate surface area is 112 Å².